The molecule has 8 nitrogen and oxygen atoms in total. The topological polar surface area (TPSA) is 113 Å². The van der Waals surface area contributed by atoms with E-state index in [9.17, 15) is 14.7 Å². The molecule has 124 valence electrons. The van der Waals surface area contributed by atoms with Crippen molar-refractivity contribution >= 4 is 18.0 Å². The number of para-hydroxylation sites is 1. The summed E-state index contributed by atoms with van der Waals surface area (Å²) in [5.74, 6) is -1.58. The van der Waals surface area contributed by atoms with E-state index in [0.717, 1.165) is 5.56 Å². The maximum Gasteiger partial charge on any atom is 0.329 e. The molecule has 0 spiro atoms. The van der Waals surface area contributed by atoms with E-state index in [-0.39, 0.29) is 18.0 Å². The van der Waals surface area contributed by atoms with E-state index < -0.39 is 11.8 Å². The second-order valence-corrected chi connectivity index (χ2v) is 4.64. The highest BCUT2D eigenvalue weighted by Crippen LogP contribution is 2.27. The van der Waals surface area contributed by atoms with Crippen molar-refractivity contribution in [2.24, 2.45) is 5.10 Å². The quantitative estimate of drug-likeness (QED) is 0.422. The normalized spacial score (nSPS) is 10.4. The molecule has 0 saturated heterocycles. The fourth-order valence-corrected chi connectivity index (χ4v) is 1.78. The first-order valence-electron chi connectivity index (χ1n) is 6.98. The highest BCUT2D eigenvalue weighted by Gasteiger charge is 2.12. The highest BCUT2D eigenvalue weighted by molar-refractivity contribution is 6.35. The zero-order chi connectivity index (χ0) is 17.4. The number of hydrogen-bond acceptors (Lipinski definition) is 6. The number of carbonyl (C=O) groups excluding carboxylic acids is 2. The van der Waals surface area contributed by atoms with Crippen molar-refractivity contribution in [2.45, 2.75) is 6.54 Å². The van der Waals surface area contributed by atoms with Crippen molar-refractivity contribution in [1.82, 2.24) is 15.7 Å². The van der Waals surface area contributed by atoms with Gasteiger partial charge in [-0.1, -0.05) is 12.1 Å². The van der Waals surface area contributed by atoms with E-state index >= 15 is 0 Å². The molecule has 0 atom stereocenters. The summed E-state index contributed by atoms with van der Waals surface area (Å²) in [7, 11) is 1.42. The maximum atomic E-state index is 11.6. The number of pyridine rings is 1. The van der Waals surface area contributed by atoms with Gasteiger partial charge in [0.25, 0.3) is 0 Å². The molecule has 0 unspecified atom stereocenters. The van der Waals surface area contributed by atoms with E-state index in [4.69, 9.17) is 4.74 Å². The van der Waals surface area contributed by atoms with Crippen molar-refractivity contribution in [2.75, 3.05) is 7.11 Å². The van der Waals surface area contributed by atoms with Crippen LogP contribution in [0.4, 0.5) is 0 Å². The van der Waals surface area contributed by atoms with Crippen LogP contribution < -0.4 is 15.5 Å². The number of nitrogens with one attached hydrogen (secondary N) is 2. The van der Waals surface area contributed by atoms with Crippen LogP contribution in [0, 0.1) is 0 Å². The van der Waals surface area contributed by atoms with Crippen LogP contribution in [0.5, 0.6) is 11.5 Å². The van der Waals surface area contributed by atoms with Crippen LogP contribution in [0.2, 0.25) is 0 Å². The van der Waals surface area contributed by atoms with Crippen molar-refractivity contribution < 1.29 is 19.4 Å². The summed E-state index contributed by atoms with van der Waals surface area (Å²) in [5, 5.41) is 15.9. The van der Waals surface area contributed by atoms with Crippen LogP contribution >= 0.6 is 0 Å². The Morgan fingerprint density at radius 3 is 2.83 bits per heavy atom. The van der Waals surface area contributed by atoms with Crippen molar-refractivity contribution in [3.8, 4) is 11.5 Å². The molecule has 0 aliphatic carbocycles. The molecule has 2 rings (SSSR count). The number of amides is 2. The Kier molecular flexibility index (Phi) is 5.84. The first-order chi connectivity index (χ1) is 11.6. The molecule has 1 aromatic heterocycles. The lowest BCUT2D eigenvalue weighted by Crippen LogP contribution is -2.37. The van der Waals surface area contributed by atoms with Gasteiger partial charge in [-0.15, -0.1) is 0 Å². The lowest BCUT2D eigenvalue weighted by molar-refractivity contribution is -0.139. The number of ether oxygens (including phenoxy) is 1. The first kappa shape index (κ1) is 16.9. The van der Waals surface area contributed by atoms with E-state index in [1.165, 1.54) is 13.3 Å². The summed E-state index contributed by atoms with van der Waals surface area (Å²) in [6, 6.07) is 8.32. The lowest BCUT2D eigenvalue weighted by Gasteiger charge is -2.05. The van der Waals surface area contributed by atoms with Crippen LogP contribution in [0.3, 0.4) is 0 Å². The summed E-state index contributed by atoms with van der Waals surface area (Å²) in [6.45, 7) is 0.181. The monoisotopic (exact) mass is 328 g/mol. The molecule has 0 aliphatic heterocycles. The number of phenols is 1. The van der Waals surface area contributed by atoms with Gasteiger partial charge in [-0.3, -0.25) is 14.6 Å². The Labute approximate surface area is 138 Å². The fourth-order valence-electron chi connectivity index (χ4n) is 1.78. The molecule has 0 aliphatic rings. The molecule has 1 aromatic carbocycles. The van der Waals surface area contributed by atoms with Gasteiger partial charge in [0.1, 0.15) is 0 Å². The molecule has 8 heteroatoms. The smallest absolute Gasteiger partial charge is 0.329 e. The number of aromatic nitrogens is 1. The Morgan fingerprint density at radius 2 is 2.12 bits per heavy atom. The molecule has 3 N–H and O–H groups in total. The van der Waals surface area contributed by atoms with E-state index in [1.54, 1.807) is 42.7 Å². The predicted molar refractivity (Wildman–Crippen MR) is 86.5 cm³/mol. The minimum atomic E-state index is -0.919. The van der Waals surface area contributed by atoms with Crippen molar-refractivity contribution in [3.63, 3.8) is 0 Å². The summed E-state index contributed by atoms with van der Waals surface area (Å²) < 4.78 is 4.96. The largest absolute Gasteiger partial charge is 0.504 e. The Bertz CT molecular complexity index is 747. The number of carbonyl (C=O) groups is 2. The molecule has 24 heavy (non-hydrogen) atoms. The van der Waals surface area contributed by atoms with Gasteiger partial charge in [-0.2, -0.15) is 5.10 Å². The molecule has 2 aromatic rings. The van der Waals surface area contributed by atoms with Gasteiger partial charge in [0.15, 0.2) is 11.5 Å². The Morgan fingerprint density at radius 1 is 1.29 bits per heavy atom. The minimum absolute atomic E-state index is 0.112. The van der Waals surface area contributed by atoms with Gasteiger partial charge in [0, 0.05) is 24.5 Å². The van der Waals surface area contributed by atoms with Gasteiger partial charge >= 0.3 is 11.8 Å². The Hall–Kier alpha value is -3.42. The van der Waals surface area contributed by atoms with Gasteiger partial charge < -0.3 is 15.2 Å². The maximum absolute atomic E-state index is 11.6. The molecular formula is C16H16N4O4. The van der Waals surface area contributed by atoms with Gasteiger partial charge in [-0.05, 0) is 23.8 Å². The van der Waals surface area contributed by atoms with Gasteiger partial charge in [0.05, 0.1) is 13.3 Å². The van der Waals surface area contributed by atoms with Crippen LogP contribution in [0.25, 0.3) is 0 Å². The summed E-state index contributed by atoms with van der Waals surface area (Å²) in [5.41, 5.74) is 3.19. The molecule has 2 amide bonds. The van der Waals surface area contributed by atoms with Crippen LogP contribution in [0.1, 0.15) is 11.1 Å². The Balaban J connectivity index is 1.87. The summed E-state index contributed by atoms with van der Waals surface area (Å²) >= 11 is 0. The standard InChI is InChI=1S/C16H16N4O4/c1-24-13-6-2-5-12(14(13)21)10-19-20-16(23)15(22)18-9-11-4-3-7-17-8-11/h2-8,10,21H,9H2,1H3,(H,18,22)(H,20,23). The number of nitrogens with zero attached hydrogens (tertiary/aromatic N) is 2. The molecule has 0 bridgehead atoms. The molecule has 0 saturated carbocycles. The third-order valence-corrected chi connectivity index (χ3v) is 3.00. The summed E-state index contributed by atoms with van der Waals surface area (Å²) in [6.07, 6.45) is 4.41. The van der Waals surface area contributed by atoms with Crippen molar-refractivity contribution in [3.05, 3.63) is 53.9 Å². The van der Waals surface area contributed by atoms with E-state index in [2.05, 4.69) is 20.8 Å². The van der Waals surface area contributed by atoms with E-state index in [0.29, 0.717) is 5.56 Å². The fraction of sp³-hybridized carbons (Fsp3) is 0.125. The predicted octanol–water partition coefficient (Wildman–Crippen LogP) is 0.562. The number of benzene rings is 1. The first-order valence-corrected chi connectivity index (χ1v) is 6.98. The summed E-state index contributed by atoms with van der Waals surface area (Å²) in [4.78, 5) is 27.2. The second-order valence-electron chi connectivity index (χ2n) is 4.64. The zero-order valence-electron chi connectivity index (χ0n) is 12.9. The number of hydrogen-bond donors (Lipinski definition) is 3. The van der Waals surface area contributed by atoms with Crippen molar-refractivity contribution in [1.29, 1.82) is 0 Å². The van der Waals surface area contributed by atoms with Crippen LogP contribution in [-0.2, 0) is 16.1 Å². The minimum Gasteiger partial charge on any atom is -0.504 e. The number of rotatable bonds is 5. The van der Waals surface area contributed by atoms with Gasteiger partial charge in [-0.25, -0.2) is 5.43 Å². The zero-order valence-corrected chi connectivity index (χ0v) is 12.9. The SMILES string of the molecule is COc1cccc(C=NNC(=O)C(=O)NCc2cccnc2)c1O. The number of phenolic OH excluding ortho intramolecular Hbond substituents is 1. The van der Waals surface area contributed by atoms with E-state index in [1.807, 2.05) is 0 Å². The molecule has 0 radical (unpaired) electrons. The number of aromatic hydroxyl groups is 1. The van der Waals surface area contributed by atoms with Crippen LogP contribution in [0.15, 0.2) is 47.8 Å². The molecular weight excluding hydrogens is 312 g/mol. The lowest BCUT2D eigenvalue weighted by atomic mass is 10.2. The third kappa shape index (κ3) is 4.54. The second kappa shape index (κ2) is 8.28. The average molecular weight is 328 g/mol. The highest BCUT2D eigenvalue weighted by atomic mass is 16.5. The molecule has 1 heterocycles. The number of hydrazone groups is 1. The van der Waals surface area contributed by atoms with Gasteiger partial charge in [0.2, 0.25) is 0 Å². The third-order valence-electron chi connectivity index (χ3n) is 3.00. The average Bonchev–Trinajstić information content (AvgIpc) is 2.61. The van der Waals surface area contributed by atoms with Crippen LogP contribution in [-0.4, -0.2) is 35.2 Å². The number of methoxy groups -OCH3 is 1. The molecule has 0 fully saturated rings.